The van der Waals surface area contributed by atoms with E-state index in [2.05, 4.69) is 5.32 Å². The van der Waals surface area contributed by atoms with Crippen molar-refractivity contribution in [2.45, 2.75) is 24.2 Å². The molecule has 1 N–H and O–H groups in total. The Balaban J connectivity index is 1.58. The first-order valence-corrected chi connectivity index (χ1v) is 9.68. The molecular formula is C19H18ClFN2O2S. The van der Waals surface area contributed by atoms with Crippen LogP contribution in [-0.4, -0.2) is 24.1 Å². The van der Waals surface area contributed by atoms with Gasteiger partial charge in [-0.05, 0) is 36.8 Å². The molecule has 2 amide bonds. The van der Waals surface area contributed by atoms with Crippen LogP contribution >= 0.6 is 23.4 Å². The predicted molar refractivity (Wildman–Crippen MR) is 103 cm³/mol. The van der Waals surface area contributed by atoms with E-state index in [1.807, 2.05) is 0 Å². The average molecular weight is 393 g/mol. The number of benzene rings is 2. The lowest BCUT2D eigenvalue weighted by Gasteiger charge is -2.17. The van der Waals surface area contributed by atoms with Gasteiger partial charge in [0.1, 0.15) is 5.82 Å². The molecule has 2 aromatic rings. The first-order chi connectivity index (χ1) is 12.5. The highest BCUT2D eigenvalue weighted by Gasteiger charge is 2.22. The largest absolute Gasteiger partial charge is 0.325 e. The maximum atomic E-state index is 13.6. The molecule has 136 valence electrons. The van der Waals surface area contributed by atoms with Gasteiger partial charge in [0.25, 0.3) is 0 Å². The molecule has 4 nitrogen and oxygen atoms in total. The lowest BCUT2D eigenvalue weighted by molar-refractivity contribution is -0.117. The minimum atomic E-state index is -0.288. The molecule has 0 aromatic heterocycles. The van der Waals surface area contributed by atoms with Crippen LogP contribution in [0.4, 0.5) is 15.8 Å². The maximum Gasteiger partial charge on any atom is 0.227 e. The summed E-state index contributed by atoms with van der Waals surface area (Å²) in [7, 11) is 0. The summed E-state index contributed by atoms with van der Waals surface area (Å²) >= 11 is 7.45. The fraction of sp³-hybridized carbons (Fsp3) is 0.263. The number of hydrogen-bond donors (Lipinski definition) is 1. The van der Waals surface area contributed by atoms with Crippen LogP contribution in [0.1, 0.15) is 19.3 Å². The first-order valence-electron chi connectivity index (χ1n) is 8.31. The van der Waals surface area contributed by atoms with Gasteiger partial charge in [0.05, 0.1) is 10.7 Å². The second kappa shape index (κ2) is 8.56. The van der Waals surface area contributed by atoms with Crippen molar-refractivity contribution >= 4 is 46.6 Å². The molecule has 0 atom stereocenters. The van der Waals surface area contributed by atoms with E-state index in [1.165, 1.54) is 17.8 Å². The fourth-order valence-electron chi connectivity index (χ4n) is 2.73. The van der Waals surface area contributed by atoms with E-state index in [4.69, 9.17) is 11.6 Å². The van der Waals surface area contributed by atoms with Crippen molar-refractivity contribution in [3.63, 3.8) is 0 Å². The van der Waals surface area contributed by atoms with Crippen molar-refractivity contribution in [1.29, 1.82) is 0 Å². The van der Waals surface area contributed by atoms with E-state index in [0.29, 0.717) is 34.3 Å². The molecule has 3 rings (SSSR count). The van der Waals surface area contributed by atoms with Crippen LogP contribution < -0.4 is 10.2 Å². The van der Waals surface area contributed by atoms with Crippen molar-refractivity contribution in [3.8, 4) is 0 Å². The molecule has 26 heavy (non-hydrogen) atoms. The zero-order valence-corrected chi connectivity index (χ0v) is 15.6. The quantitative estimate of drug-likeness (QED) is 0.723. The molecule has 1 saturated heterocycles. The van der Waals surface area contributed by atoms with Gasteiger partial charge in [0.15, 0.2) is 0 Å². The standard InChI is InChI=1S/C19H18ClFN2O2S/c20-14-8-7-13(23-10-3-6-19(23)25)12-16(14)22-18(24)9-11-26-17-5-2-1-4-15(17)21/h1-2,4-5,7-8,12H,3,6,9-11H2,(H,22,24). The third-order valence-electron chi connectivity index (χ3n) is 4.03. The first kappa shape index (κ1) is 18.7. The Kier molecular flexibility index (Phi) is 6.16. The summed E-state index contributed by atoms with van der Waals surface area (Å²) in [5.74, 6) is 0.0322. The van der Waals surface area contributed by atoms with Gasteiger partial charge in [-0.3, -0.25) is 9.59 Å². The Labute approximate surface area is 160 Å². The normalized spacial score (nSPS) is 13.9. The third kappa shape index (κ3) is 4.56. The van der Waals surface area contributed by atoms with Crippen molar-refractivity contribution in [2.24, 2.45) is 0 Å². The molecule has 1 fully saturated rings. The molecule has 0 radical (unpaired) electrons. The summed E-state index contributed by atoms with van der Waals surface area (Å²) in [4.78, 5) is 26.3. The van der Waals surface area contributed by atoms with Gasteiger partial charge in [-0.2, -0.15) is 0 Å². The molecule has 7 heteroatoms. The van der Waals surface area contributed by atoms with E-state index in [-0.39, 0.29) is 24.1 Å². The molecule has 1 heterocycles. The highest BCUT2D eigenvalue weighted by molar-refractivity contribution is 7.99. The average Bonchev–Trinajstić information content (AvgIpc) is 3.04. The molecule has 0 spiro atoms. The van der Waals surface area contributed by atoms with Crippen molar-refractivity contribution in [2.75, 3.05) is 22.5 Å². The number of rotatable bonds is 6. The molecule has 2 aromatic carbocycles. The number of amides is 2. The molecule has 0 aliphatic carbocycles. The van der Waals surface area contributed by atoms with Gasteiger partial charge >= 0.3 is 0 Å². The summed E-state index contributed by atoms with van der Waals surface area (Å²) < 4.78 is 13.6. The zero-order chi connectivity index (χ0) is 18.5. The summed E-state index contributed by atoms with van der Waals surface area (Å²) in [6, 6.07) is 11.6. The lowest BCUT2D eigenvalue weighted by atomic mass is 10.2. The van der Waals surface area contributed by atoms with Gasteiger partial charge in [0, 0.05) is 35.7 Å². The van der Waals surface area contributed by atoms with E-state index in [1.54, 1.807) is 41.3 Å². The van der Waals surface area contributed by atoms with Gasteiger partial charge in [-0.15, -0.1) is 11.8 Å². The summed E-state index contributed by atoms with van der Waals surface area (Å²) in [5, 5.41) is 3.19. The molecule has 0 saturated carbocycles. The topological polar surface area (TPSA) is 49.4 Å². The number of hydrogen-bond acceptors (Lipinski definition) is 3. The maximum absolute atomic E-state index is 13.6. The number of anilines is 2. The Hall–Kier alpha value is -2.05. The third-order valence-corrected chi connectivity index (χ3v) is 5.41. The predicted octanol–water partition coefficient (Wildman–Crippen LogP) is 4.73. The Bertz CT molecular complexity index is 831. The number of nitrogens with zero attached hydrogens (tertiary/aromatic N) is 1. The number of nitrogens with one attached hydrogen (secondary N) is 1. The number of carbonyl (C=O) groups excluding carboxylic acids is 2. The number of halogens is 2. The molecule has 1 aliphatic rings. The Morgan fingerprint density at radius 1 is 1.27 bits per heavy atom. The molecule has 0 unspecified atom stereocenters. The van der Waals surface area contributed by atoms with Crippen molar-refractivity contribution in [3.05, 3.63) is 53.3 Å². The van der Waals surface area contributed by atoms with Crippen molar-refractivity contribution < 1.29 is 14.0 Å². The van der Waals surface area contributed by atoms with Crippen LogP contribution in [0.2, 0.25) is 5.02 Å². The lowest BCUT2D eigenvalue weighted by Crippen LogP contribution is -2.23. The highest BCUT2D eigenvalue weighted by Crippen LogP contribution is 2.30. The van der Waals surface area contributed by atoms with Crippen LogP contribution in [-0.2, 0) is 9.59 Å². The number of thioether (sulfide) groups is 1. The zero-order valence-electron chi connectivity index (χ0n) is 14.0. The van der Waals surface area contributed by atoms with E-state index >= 15 is 0 Å². The van der Waals surface area contributed by atoms with Crippen LogP contribution in [0.15, 0.2) is 47.4 Å². The summed E-state index contributed by atoms with van der Waals surface area (Å²) in [6.07, 6.45) is 1.59. The van der Waals surface area contributed by atoms with Gasteiger partial charge < -0.3 is 10.2 Å². The van der Waals surface area contributed by atoms with Crippen LogP contribution in [0.3, 0.4) is 0 Å². The summed E-state index contributed by atoms with van der Waals surface area (Å²) in [5.41, 5.74) is 1.21. The number of carbonyl (C=O) groups is 2. The SMILES string of the molecule is O=C(CCSc1ccccc1F)Nc1cc(N2CCCC2=O)ccc1Cl. The van der Waals surface area contributed by atoms with Crippen LogP contribution in [0.25, 0.3) is 0 Å². The molecular weight excluding hydrogens is 375 g/mol. The Morgan fingerprint density at radius 2 is 2.08 bits per heavy atom. The van der Waals surface area contributed by atoms with Crippen LogP contribution in [0, 0.1) is 5.82 Å². The van der Waals surface area contributed by atoms with E-state index < -0.39 is 0 Å². The summed E-state index contributed by atoms with van der Waals surface area (Å²) in [6.45, 7) is 0.674. The van der Waals surface area contributed by atoms with Gasteiger partial charge in [-0.25, -0.2) is 4.39 Å². The molecule has 0 bridgehead atoms. The second-order valence-corrected chi connectivity index (χ2v) is 7.43. The van der Waals surface area contributed by atoms with Crippen LogP contribution in [0.5, 0.6) is 0 Å². The highest BCUT2D eigenvalue weighted by atomic mass is 35.5. The minimum Gasteiger partial charge on any atom is -0.325 e. The Morgan fingerprint density at radius 3 is 2.81 bits per heavy atom. The monoisotopic (exact) mass is 392 g/mol. The fourth-order valence-corrected chi connectivity index (χ4v) is 3.78. The second-order valence-electron chi connectivity index (χ2n) is 5.89. The van der Waals surface area contributed by atoms with E-state index in [9.17, 15) is 14.0 Å². The van der Waals surface area contributed by atoms with Gasteiger partial charge in [-0.1, -0.05) is 23.7 Å². The minimum absolute atomic E-state index is 0.0749. The van der Waals surface area contributed by atoms with Gasteiger partial charge in [0.2, 0.25) is 11.8 Å². The molecule has 1 aliphatic heterocycles. The smallest absolute Gasteiger partial charge is 0.227 e. The van der Waals surface area contributed by atoms with Crippen molar-refractivity contribution in [1.82, 2.24) is 0 Å². The van der Waals surface area contributed by atoms with E-state index in [0.717, 1.165) is 12.1 Å².